The zero-order chi connectivity index (χ0) is 15.5. The zero-order valence-corrected chi connectivity index (χ0v) is 14.7. The van der Waals surface area contributed by atoms with Crippen molar-refractivity contribution >= 4 is 0 Å². The second kappa shape index (κ2) is 5.21. The molecule has 4 fully saturated rings. The molecule has 4 aliphatic rings. The van der Waals surface area contributed by atoms with E-state index in [1.165, 1.54) is 44.9 Å². The smallest absolute Gasteiger partial charge is 0.0627 e. The summed E-state index contributed by atoms with van der Waals surface area (Å²) in [5, 5.41) is 10.1. The molecule has 2 heteroatoms. The predicted octanol–water partition coefficient (Wildman–Crippen LogP) is 4.41. The van der Waals surface area contributed by atoms with Gasteiger partial charge in [0.15, 0.2) is 0 Å². The number of fused-ring (bicyclic) bond motifs is 5. The van der Waals surface area contributed by atoms with Crippen molar-refractivity contribution in [2.45, 2.75) is 83.8 Å². The summed E-state index contributed by atoms with van der Waals surface area (Å²) in [4.78, 5) is 0. The van der Waals surface area contributed by atoms with Gasteiger partial charge in [0.25, 0.3) is 0 Å². The highest BCUT2D eigenvalue weighted by Gasteiger charge is 2.60. The van der Waals surface area contributed by atoms with E-state index >= 15 is 0 Å². The minimum absolute atomic E-state index is 0.0205. The van der Waals surface area contributed by atoms with Crippen molar-refractivity contribution in [2.24, 2.45) is 34.5 Å². The van der Waals surface area contributed by atoms with Gasteiger partial charge in [-0.15, -0.1) is 0 Å². The Morgan fingerprint density at radius 3 is 2.36 bits per heavy atom. The first-order valence-corrected chi connectivity index (χ1v) is 9.70. The molecule has 4 rings (SSSR count). The number of hydrogen-bond donors (Lipinski definition) is 1. The van der Waals surface area contributed by atoms with Crippen LogP contribution in [0.3, 0.4) is 0 Å². The molecule has 0 bridgehead atoms. The van der Waals surface area contributed by atoms with Gasteiger partial charge in [0.2, 0.25) is 0 Å². The summed E-state index contributed by atoms with van der Waals surface area (Å²) in [5.74, 6) is 3.50. The lowest BCUT2D eigenvalue weighted by Crippen LogP contribution is -2.54. The maximum atomic E-state index is 10.1. The number of methoxy groups -OCH3 is 1. The number of aliphatic hydroxyl groups is 1. The topological polar surface area (TPSA) is 29.5 Å². The van der Waals surface area contributed by atoms with Crippen LogP contribution in [0.5, 0.6) is 0 Å². The third-order valence-corrected chi connectivity index (χ3v) is 8.84. The molecule has 0 radical (unpaired) electrons. The molecule has 0 saturated heterocycles. The zero-order valence-electron chi connectivity index (χ0n) is 14.7. The van der Waals surface area contributed by atoms with E-state index in [0.29, 0.717) is 16.9 Å². The molecular weight excluding hydrogens is 272 g/mol. The SMILES string of the molecule is COC1CCC2[C@@H]3CC[C@@H]4C[C@H](O)CC[C@]4(C)C3CC[C@]12C. The van der Waals surface area contributed by atoms with Crippen molar-refractivity contribution in [1.82, 2.24) is 0 Å². The Kier molecular flexibility index (Phi) is 3.66. The average molecular weight is 306 g/mol. The molecule has 0 aromatic heterocycles. The second-order valence-corrected chi connectivity index (χ2v) is 9.43. The van der Waals surface area contributed by atoms with Crippen molar-refractivity contribution in [2.75, 3.05) is 7.11 Å². The molecule has 3 unspecified atom stereocenters. The van der Waals surface area contributed by atoms with E-state index in [0.717, 1.165) is 36.5 Å². The van der Waals surface area contributed by atoms with Gasteiger partial charge in [0.05, 0.1) is 12.2 Å². The van der Waals surface area contributed by atoms with Gasteiger partial charge in [-0.25, -0.2) is 0 Å². The van der Waals surface area contributed by atoms with Crippen LogP contribution in [0.1, 0.15) is 71.6 Å². The van der Waals surface area contributed by atoms with Gasteiger partial charge >= 0.3 is 0 Å². The van der Waals surface area contributed by atoms with Crippen LogP contribution in [0.2, 0.25) is 0 Å². The Hall–Kier alpha value is -0.0800. The summed E-state index contributed by atoms with van der Waals surface area (Å²) in [6, 6.07) is 0. The molecule has 4 saturated carbocycles. The molecule has 4 aliphatic carbocycles. The quantitative estimate of drug-likeness (QED) is 0.778. The van der Waals surface area contributed by atoms with E-state index in [-0.39, 0.29) is 6.10 Å². The highest BCUT2D eigenvalue weighted by Crippen LogP contribution is 2.66. The van der Waals surface area contributed by atoms with Crippen LogP contribution in [0.15, 0.2) is 0 Å². The largest absolute Gasteiger partial charge is 0.393 e. The molecule has 0 aromatic carbocycles. The fraction of sp³-hybridized carbons (Fsp3) is 1.00. The minimum Gasteiger partial charge on any atom is -0.393 e. The highest BCUT2D eigenvalue weighted by molar-refractivity contribution is 5.09. The predicted molar refractivity (Wildman–Crippen MR) is 88.5 cm³/mol. The molecule has 0 aliphatic heterocycles. The van der Waals surface area contributed by atoms with E-state index in [1.807, 2.05) is 7.11 Å². The molecule has 2 nitrogen and oxygen atoms in total. The lowest BCUT2D eigenvalue weighted by Gasteiger charge is -2.60. The van der Waals surface area contributed by atoms with E-state index in [9.17, 15) is 5.11 Å². The van der Waals surface area contributed by atoms with Gasteiger partial charge in [-0.1, -0.05) is 13.8 Å². The Labute approximate surface area is 136 Å². The molecule has 8 atom stereocenters. The van der Waals surface area contributed by atoms with Gasteiger partial charge in [-0.2, -0.15) is 0 Å². The molecular formula is C20H34O2. The van der Waals surface area contributed by atoms with E-state index < -0.39 is 0 Å². The third-order valence-electron chi connectivity index (χ3n) is 8.84. The van der Waals surface area contributed by atoms with Crippen LogP contribution in [0.4, 0.5) is 0 Å². The van der Waals surface area contributed by atoms with Crippen molar-refractivity contribution in [3.05, 3.63) is 0 Å². The first-order valence-electron chi connectivity index (χ1n) is 9.70. The van der Waals surface area contributed by atoms with Gasteiger partial charge in [-0.3, -0.25) is 0 Å². The van der Waals surface area contributed by atoms with E-state index in [1.54, 1.807) is 0 Å². The summed E-state index contributed by atoms with van der Waals surface area (Å²) < 4.78 is 5.88. The summed E-state index contributed by atoms with van der Waals surface area (Å²) in [5.41, 5.74) is 0.946. The summed E-state index contributed by atoms with van der Waals surface area (Å²) >= 11 is 0. The van der Waals surface area contributed by atoms with Crippen molar-refractivity contribution in [3.63, 3.8) is 0 Å². The van der Waals surface area contributed by atoms with Crippen molar-refractivity contribution < 1.29 is 9.84 Å². The molecule has 22 heavy (non-hydrogen) atoms. The number of rotatable bonds is 1. The monoisotopic (exact) mass is 306 g/mol. The van der Waals surface area contributed by atoms with Crippen LogP contribution in [0, 0.1) is 34.5 Å². The minimum atomic E-state index is -0.0205. The van der Waals surface area contributed by atoms with Gasteiger partial charge in [0, 0.05) is 7.11 Å². The Morgan fingerprint density at radius 2 is 1.59 bits per heavy atom. The Morgan fingerprint density at radius 1 is 0.864 bits per heavy atom. The fourth-order valence-electron chi connectivity index (χ4n) is 7.57. The molecule has 1 N–H and O–H groups in total. The van der Waals surface area contributed by atoms with Crippen LogP contribution in [0.25, 0.3) is 0 Å². The average Bonchev–Trinajstić information content (AvgIpc) is 2.84. The van der Waals surface area contributed by atoms with Crippen LogP contribution in [-0.4, -0.2) is 24.4 Å². The summed E-state index contributed by atoms with van der Waals surface area (Å²) in [7, 11) is 1.92. The highest BCUT2D eigenvalue weighted by atomic mass is 16.5. The lowest BCUT2D eigenvalue weighted by atomic mass is 9.45. The normalized spacial score (nSPS) is 57.8. The van der Waals surface area contributed by atoms with Gasteiger partial charge in [-0.05, 0) is 92.3 Å². The second-order valence-electron chi connectivity index (χ2n) is 9.43. The van der Waals surface area contributed by atoms with Crippen LogP contribution >= 0.6 is 0 Å². The number of aliphatic hydroxyl groups excluding tert-OH is 1. The first kappa shape index (κ1) is 15.4. The summed E-state index contributed by atoms with van der Waals surface area (Å²) in [6.45, 7) is 5.10. The first-order chi connectivity index (χ1) is 10.5. The maximum absolute atomic E-state index is 10.1. The van der Waals surface area contributed by atoms with E-state index in [4.69, 9.17) is 4.74 Å². The van der Waals surface area contributed by atoms with Crippen molar-refractivity contribution in [3.8, 4) is 0 Å². The molecule has 0 heterocycles. The maximum Gasteiger partial charge on any atom is 0.0627 e. The Bertz CT molecular complexity index is 435. The summed E-state index contributed by atoms with van der Waals surface area (Å²) in [6.07, 6.45) is 12.1. The Balaban J connectivity index is 1.61. The van der Waals surface area contributed by atoms with Crippen LogP contribution < -0.4 is 0 Å². The van der Waals surface area contributed by atoms with Crippen LogP contribution in [-0.2, 0) is 4.74 Å². The molecule has 0 aromatic rings. The standard InChI is InChI=1S/C20H34O2/c1-19-10-8-14(21)12-13(19)4-5-15-16-6-7-18(22-3)20(16,2)11-9-17(15)19/h13-18,21H,4-12H2,1-3H3/t13-,14-,15+,16?,17?,18?,19+,20+/m1/s1. The van der Waals surface area contributed by atoms with Crippen molar-refractivity contribution in [1.29, 1.82) is 0 Å². The number of hydrogen-bond acceptors (Lipinski definition) is 2. The number of ether oxygens (including phenoxy) is 1. The third kappa shape index (κ3) is 1.99. The fourth-order valence-corrected chi connectivity index (χ4v) is 7.57. The van der Waals surface area contributed by atoms with Gasteiger partial charge < -0.3 is 9.84 Å². The molecule has 0 amide bonds. The lowest BCUT2D eigenvalue weighted by molar-refractivity contribution is -0.137. The molecule has 126 valence electrons. The van der Waals surface area contributed by atoms with Gasteiger partial charge in [0.1, 0.15) is 0 Å². The van der Waals surface area contributed by atoms with E-state index in [2.05, 4.69) is 13.8 Å². The molecule has 0 spiro atoms.